The number of oxazole rings is 1. The van der Waals surface area contributed by atoms with Crippen LogP contribution in [0.25, 0.3) is 11.3 Å². The van der Waals surface area contributed by atoms with Gasteiger partial charge in [-0.1, -0.05) is 0 Å². The van der Waals surface area contributed by atoms with Crippen LogP contribution in [0, 0.1) is 5.82 Å². The second-order valence-electron chi connectivity index (χ2n) is 5.69. The number of nitrogens with zero attached hydrogens (tertiary/aromatic N) is 2. The highest BCUT2D eigenvalue weighted by atomic mass is 19.1. The molecule has 6 heteroatoms. The lowest BCUT2D eigenvalue weighted by Crippen LogP contribution is -2.37. The smallest absolute Gasteiger partial charge is 0.223 e. The molecule has 0 spiro atoms. The molecule has 0 aliphatic carbocycles. The highest BCUT2D eigenvalue weighted by Crippen LogP contribution is 2.22. The third kappa shape index (κ3) is 3.59. The van der Waals surface area contributed by atoms with Crippen molar-refractivity contribution in [1.29, 1.82) is 0 Å². The molecule has 0 saturated carbocycles. The van der Waals surface area contributed by atoms with Crippen molar-refractivity contribution in [2.45, 2.75) is 31.7 Å². The number of carbonyl (C=O) groups is 1. The summed E-state index contributed by atoms with van der Waals surface area (Å²) in [5.74, 6) is 0.755. The van der Waals surface area contributed by atoms with Gasteiger partial charge in [0.25, 0.3) is 0 Å². The molecule has 0 unspecified atom stereocenters. The molecular weight excluding hydrogens is 299 g/mol. The fourth-order valence-corrected chi connectivity index (χ4v) is 2.88. The van der Waals surface area contributed by atoms with Crippen molar-refractivity contribution in [3.8, 4) is 11.3 Å². The Hall–Kier alpha value is -2.21. The number of likely N-dealkylation sites (tertiary alicyclic amines) is 1. The minimum Gasteiger partial charge on any atom is -0.441 e. The van der Waals surface area contributed by atoms with Crippen molar-refractivity contribution in [2.24, 2.45) is 0 Å². The summed E-state index contributed by atoms with van der Waals surface area (Å²) in [4.78, 5) is 18.1. The van der Waals surface area contributed by atoms with Crippen LogP contribution >= 0.6 is 0 Å². The van der Waals surface area contributed by atoms with Crippen molar-refractivity contribution in [3.05, 3.63) is 42.2 Å². The maximum atomic E-state index is 12.9. The second kappa shape index (κ2) is 6.91. The Balaban J connectivity index is 1.59. The molecule has 5 nitrogen and oxygen atoms in total. The van der Waals surface area contributed by atoms with Crippen molar-refractivity contribution < 1.29 is 18.7 Å². The molecule has 1 saturated heterocycles. The van der Waals surface area contributed by atoms with Crippen molar-refractivity contribution in [1.82, 2.24) is 9.88 Å². The molecule has 2 heterocycles. The topological polar surface area (TPSA) is 66.6 Å². The minimum atomic E-state index is -0.303. The molecule has 23 heavy (non-hydrogen) atoms. The van der Waals surface area contributed by atoms with E-state index >= 15 is 0 Å². The Morgan fingerprint density at radius 2 is 2.17 bits per heavy atom. The van der Waals surface area contributed by atoms with Crippen molar-refractivity contribution in [2.75, 3.05) is 13.2 Å². The Bertz CT molecular complexity index is 669. The molecule has 1 N–H and O–H groups in total. The third-order valence-corrected chi connectivity index (χ3v) is 4.14. The number of aromatic nitrogens is 1. The zero-order chi connectivity index (χ0) is 16.2. The summed E-state index contributed by atoms with van der Waals surface area (Å²) in [5.41, 5.74) is 0.747. The molecule has 1 amide bonds. The van der Waals surface area contributed by atoms with Gasteiger partial charge in [-0.15, -0.1) is 0 Å². The van der Waals surface area contributed by atoms with E-state index in [1.165, 1.54) is 12.1 Å². The summed E-state index contributed by atoms with van der Waals surface area (Å²) < 4.78 is 18.5. The highest BCUT2D eigenvalue weighted by molar-refractivity contribution is 5.77. The molecule has 0 radical (unpaired) electrons. The standard InChI is InChI=1S/C17H19FN2O3/c18-13-5-3-12(4-6-13)15-10-19-16(23-15)7-8-17(22)20-9-1-2-14(20)11-21/h3-6,10,14,21H,1-2,7-9,11H2/t14-/m1/s1. The van der Waals surface area contributed by atoms with E-state index in [9.17, 15) is 14.3 Å². The first-order valence-electron chi connectivity index (χ1n) is 7.78. The van der Waals surface area contributed by atoms with Gasteiger partial charge in [0.2, 0.25) is 5.91 Å². The Morgan fingerprint density at radius 1 is 1.39 bits per heavy atom. The van der Waals surface area contributed by atoms with Gasteiger partial charge in [0, 0.05) is 24.9 Å². The van der Waals surface area contributed by atoms with Gasteiger partial charge in [-0.05, 0) is 37.1 Å². The molecule has 1 atom stereocenters. The van der Waals surface area contributed by atoms with E-state index in [0.29, 0.717) is 31.0 Å². The summed E-state index contributed by atoms with van der Waals surface area (Å²) in [7, 11) is 0. The Morgan fingerprint density at radius 3 is 2.91 bits per heavy atom. The quantitative estimate of drug-likeness (QED) is 0.919. The van der Waals surface area contributed by atoms with Gasteiger partial charge < -0.3 is 14.4 Å². The average molecular weight is 318 g/mol. The van der Waals surface area contributed by atoms with Crippen LogP contribution in [-0.4, -0.2) is 40.1 Å². The number of hydrogen-bond acceptors (Lipinski definition) is 4. The van der Waals surface area contributed by atoms with Gasteiger partial charge in [0.15, 0.2) is 11.7 Å². The fourth-order valence-electron chi connectivity index (χ4n) is 2.88. The molecule has 2 aromatic rings. The molecular formula is C17H19FN2O3. The van der Waals surface area contributed by atoms with Crippen molar-refractivity contribution in [3.63, 3.8) is 0 Å². The third-order valence-electron chi connectivity index (χ3n) is 4.14. The van der Waals surface area contributed by atoms with E-state index in [1.807, 2.05) is 0 Å². The van der Waals surface area contributed by atoms with Crippen LogP contribution in [0.15, 0.2) is 34.9 Å². The van der Waals surface area contributed by atoms with Crippen molar-refractivity contribution >= 4 is 5.91 Å². The molecule has 0 bridgehead atoms. The van der Waals surface area contributed by atoms with Crippen LogP contribution < -0.4 is 0 Å². The summed E-state index contributed by atoms with van der Waals surface area (Å²) in [6, 6.07) is 5.93. The first-order valence-corrected chi connectivity index (χ1v) is 7.78. The molecule has 122 valence electrons. The first kappa shape index (κ1) is 15.7. The first-order chi connectivity index (χ1) is 11.2. The van der Waals surface area contributed by atoms with E-state index in [4.69, 9.17) is 4.42 Å². The maximum Gasteiger partial charge on any atom is 0.223 e. The minimum absolute atomic E-state index is 0.0134. The van der Waals surface area contributed by atoms with Gasteiger partial charge in [-0.2, -0.15) is 0 Å². The largest absolute Gasteiger partial charge is 0.441 e. The maximum absolute atomic E-state index is 12.9. The predicted octanol–water partition coefficient (Wildman–Crippen LogP) is 2.40. The number of aryl methyl sites for hydroxylation is 1. The van der Waals surface area contributed by atoms with Gasteiger partial charge in [0.1, 0.15) is 5.82 Å². The number of aliphatic hydroxyl groups excluding tert-OH is 1. The fraction of sp³-hybridized carbons (Fsp3) is 0.412. The van der Waals surface area contributed by atoms with E-state index in [1.54, 1.807) is 23.2 Å². The van der Waals surface area contributed by atoms with Crippen LogP contribution in [-0.2, 0) is 11.2 Å². The van der Waals surface area contributed by atoms with Gasteiger partial charge in [-0.25, -0.2) is 9.37 Å². The van der Waals surface area contributed by atoms with Crippen LogP contribution in [0.3, 0.4) is 0 Å². The predicted molar refractivity (Wildman–Crippen MR) is 82.0 cm³/mol. The van der Waals surface area contributed by atoms with E-state index in [0.717, 1.165) is 18.4 Å². The normalized spacial score (nSPS) is 17.7. The zero-order valence-corrected chi connectivity index (χ0v) is 12.7. The number of carbonyl (C=O) groups excluding carboxylic acids is 1. The Labute approximate surface area is 133 Å². The number of rotatable bonds is 5. The van der Waals surface area contributed by atoms with Crippen LogP contribution in [0.5, 0.6) is 0 Å². The highest BCUT2D eigenvalue weighted by Gasteiger charge is 2.27. The van der Waals surface area contributed by atoms with E-state index in [2.05, 4.69) is 4.98 Å². The second-order valence-corrected chi connectivity index (χ2v) is 5.69. The number of halogens is 1. The SMILES string of the molecule is O=C(CCc1ncc(-c2ccc(F)cc2)o1)N1CCC[C@@H]1CO. The van der Waals surface area contributed by atoms with Crippen LogP contribution in [0.1, 0.15) is 25.2 Å². The lowest BCUT2D eigenvalue weighted by Gasteiger charge is -2.22. The number of benzene rings is 1. The Kier molecular flexibility index (Phi) is 4.71. The van der Waals surface area contributed by atoms with Gasteiger partial charge in [0.05, 0.1) is 18.8 Å². The zero-order valence-electron chi connectivity index (χ0n) is 12.7. The van der Waals surface area contributed by atoms with Gasteiger partial charge in [-0.3, -0.25) is 4.79 Å². The lowest BCUT2D eigenvalue weighted by molar-refractivity contribution is -0.132. The van der Waals surface area contributed by atoms with E-state index < -0.39 is 0 Å². The van der Waals surface area contributed by atoms with E-state index in [-0.39, 0.29) is 24.4 Å². The molecule has 1 aromatic heterocycles. The summed E-state index contributed by atoms with van der Waals surface area (Å²) >= 11 is 0. The molecule has 1 aromatic carbocycles. The number of aliphatic hydroxyl groups is 1. The molecule has 3 rings (SSSR count). The monoisotopic (exact) mass is 318 g/mol. The summed E-state index contributed by atoms with van der Waals surface area (Å²) in [5, 5.41) is 9.27. The van der Waals surface area contributed by atoms with Crippen LogP contribution in [0.2, 0.25) is 0 Å². The number of amides is 1. The van der Waals surface area contributed by atoms with Crippen LogP contribution in [0.4, 0.5) is 4.39 Å². The van der Waals surface area contributed by atoms with Gasteiger partial charge >= 0.3 is 0 Å². The summed E-state index contributed by atoms with van der Waals surface area (Å²) in [6.45, 7) is 0.718. The average Bonchev–Trinajstić information content (AvgIpc) is 3.22. The molecule has 1 aliphatic heterocycles. The lowest BCUT2D eigenvalue weighted by atomic mass is 10.2. The summed E-state index contributed by atoms with van der Waals surface area (Å²) in [6.07, 6.45) is 4.09. The molecule has 1 fully saturated rings. The molecule has 1 aliphatic rings. The number of hydrogen-bond donors (Lipinski definition) is 1.